The molecule has 2 rings (SSSR count). The Labute approximate surface area is 156 Å². The summed E-state index contributed by atoms with van der Waals surface area (Å²) in [5, 5.41) is 6.02. The highest BCUT2D eigenvalue weighted by molar-refractivity contribution is 5.85. The molecule has 1 aliphatic rings. The van der Waals surface area contributed by atoms with Gasteiger partial charge in [-0.2, -0.15) is 0 Å². The second kappa shape index (κ2) is 10.4. The molecular formula is C19H30ClN3O2. The van der Waals surface area contributed by atoms with Gasteiger partial charge in [0.2, 0.25) is 11.8 Å². The van der Waals surface area contributed by atoms with Gasteiger partial charge in [-0.1, -0.05) is 42.7 Å². The van der Waals surface area contributed by atoms with Crippen molar-refractivity contribution < 1.29 is 9.59 Å². The maximum absolute atomic E-state index is 12.5. The molecule has 0 radical (unpaired) electrons. The van der Waals surface area contributed by atoms with Crippen LogP contribution in [0.4, 0.5) is 0 Å². The zero-order chi connectivity index (χ0) is 17.5. The largest absolute Gasteiger partial charge is 0.353 e. The molecule has 1 aliphatic carbocycles. The smallest absolute Gasteiger partial charge is 0.222 e. The Morgan fingerprint density at radius 3 is 2.44 bits per heavy atom. The maximum Gasteiger partial charge on any atom is 0.222 e. The number of carbonyl (C=O) groups excluding carboxylic acids is 2. The van der Waals surface area contributed by atoms with Crippen LogP contribution in [0.2, 0.25) is 0 Å². The molecule has 1 fully saturated rings. The Kier molecular flexibility index (Phi) is 8.93. The molecule has 0 bridgehead atoms. The third kappa shape index (κ3) is 6.67. The quantitative estimate of drug-likeness (QED) is 0.722. The van der Waals surface area contributed by atoms with Crippen LogP contribution in [0.3, 0.4) is 0 Å². The summed E-state index contributed by atoms with van der Waals surface area (Å²) in [6.07, 6.45) is 4.63. The van der Waals surface area contributed by atoms with Gasteiger partial charge in [-0.25, -0.2) is 0 Å². The van der Waals surface area contributed by atoms with Crippen LogP contribution in [0.15, 0.2) is 24.3 Å². The van der Waals surface area contributed by atoms with Crippen LogP contribution in [-0.2, 0) is 9.59 Å². The molecule has 140 valence electrons. The van der Waals surface area contributed by atoms with Crippen LogP contribution in [0, 0.1) is 12.8 Å². The van der Waals surface area contributed by atoms with E-state index in [1.54, 1.807) is 0 Å². The van der Waals surface area contributed by atoms with E-state index in [2.05, 4.69) is 10.6 Å². The summed E-state index contributed by atoms with van der Waals surface area (Å²) < 4.78 is 0. The average molecular weight is 368 g/mol. The summed E-state index contributed by atoms with van der Waals surface area (Å²) in [6.45, 7) is 4.10. The van der Waals surface area contributed by atoms with Gasteiger partial charge < -0.3 is 16.4 Å². The fourth-order valence-electron chi connectivity index (χ4n) is 3.43. The van der Waals surface area contributed by atoms with Crippen molar-refractivity contribution in [2.75, 3.05) is 6.54 Å². The van der Waals surface area contributed by atoms with Gasteiger partial charge in [0.1, 0.15) is 0 Å². The molecule has 0 spiro atoms. The van der Waals surface area contributed by atoms with Crippen molar-refractivity contribution in [3.8, 4) is 0 Å². The van der Waals surface area contributed by atoms with Gasteiger partial charge in [0, 0.05) is 13.0 Å². The van der Waals surface area contributed by atoms with Gasteiger partial charge in [-0.15, -0.1) is 12.4 Å². The molecular weight excluding hydrogens is 338 g/mol. The van der Waals surface area contributed by atoms with E-state index in [1.165, 1.54) is 13.3 Å². The molecule has 1 aromatic carbocycles. The van der Waals surface area contributed by atoms with Crippen LogP contribution in [0.25, 0.3) is 0 Å². The first-order valence-corrected chi connectivity index (χ1v) is 8.82. The molecule has 6 heteroatoms. The van der Waals surface area contributed by atoms with Crippen LogP contribution >= 0.6 is 12.4 Å². The van der Waals surface area contributed by atoms with Gasteiger partial charge in [-0.3, -0.25) is 9.59 Å². The van der Waals surface area contributed by atoms with Gasteiger partial charge in [0.25, 0.3) is 0 Å². The number of benzene rings is 1. The Morgan fingerprint density at radius 2 is 1.84 bits per heavy atom. The molecule has 3 atom stereocenters. The predicted octanol–water partition coefficient (Wildman–Crippen LogP) is 2.62. The van der Waals surface area contributed by atoms with Crippen molar-refractivity contribution in [2.24, 2.45) is 11.7 Å². The molecule has 25 heavy (non-hydrogen) atoms. The predicted molar refractivity (Wildman–Crippen MR) is 103 cm³/mol. The van der Waals surface area contributed by atoms with E-state index in [4.69, 9.17) is 5.73 Å². The summed E-state index contributed by atoms with van der Waals surface area (Å²) in [5.41, 5.74) is 7.93. The number of aryl methyl sites for hydroxylation is 1. The molecule has 1 aromatic rings. The molecule has 0 saturated heterocycles. The monoisotopic (exact) mass is 367 g/mol. The van der Waals surface area contributed by atoms with E-state index in [1.807, 2.05) is 31.2 Å². The second-order valence-corrected chi connectivity index (χ2v) is 6.82. The lowest BCUT2D eigenvalue weighted by Gasteiger charge is -2.31. The van der Waals surface area contributed by atoms with E-state index in [9.17, 15) is 9.59 Å². The second-order valence-electron chi connectivity index (χ2n) is 6.82. The third-order valence-electron chi connectivity index (χ3n) is 4.80. The molecule has 2 amide bonds. The zero-order valence-electron chi connectivity index (χ0n) is 15.1. The van der Waals surface area contributed by atoms with Crippen LogP contribution < -0.4 is 16.4 Å². The summed E-state index contributed by atoms with van der Waals surface area (Å²) in [6, 6.07) is 7.77. The first-order valence-electron chi connectivity index (χ1n) is 8.82. The summed E-state index contributed by atoms with van der Waals surface area (Å²) in [4.78, 5) is 24.0. The van der Waals surface area contributed by atoms with E-state index in [-0.39, 0.29) is 42.7 Å². The van der Waals surface area contributed by atoms with E-state index >= 15 is 0 Å². The zero-order valence-corrected chi connectivity index (χ0v) is 15.9. The van der Waals surface area contributed by atoms with Crippen molar-refractivity contribution in [2.45, 2.75) is 58.0 Å². The van der Waals surface area contributed by atoms with Crippen molar-refractivity contribution >= 4 is 24.2 Å². The molecule has 0 heterocycles. The first kappa shape index (κ1) is 21.5. The molecule has 5 nitrogen and oxygen atoms in total. The number of carbonyl (C=O) groups is 2. The highest BCUT2D eigenvalue weighted by Gasteiger charge is 2.26. The average Bonchev–Trinajstić information content (AvgIpc) is 2.55. The Bertz CT molecular complexity index is 562. The number of amides is 2. The molecule has 0 aromatic heterocycles. The molecule has 0 aliphatic heterocycles. The lowest BCUT2D eigenvalue weighted by atomic mass is 9.84. The lowest BCUT2D eigenvalue weighted by molar-refractivity contribution is -0.123. The number of hydrogen-bond acceptors (Lipinski definition) is 3. The van der Waals surface area contributed by atoms with Crippen LogP contribution in [0.1, 0.15) is 56.2 Å². The summed E-state index contributed by atoms with van der Waals surface area (Å²) in [5.74, 6) is 0.201. The standard InChI is InChI=1S/C19H29N3O2.ClH/c1-13-7-9-15(10-8-13)18(21-14(2)23)11-19(24)22-17-6-4-3-5-16(17)12-20;/h7-10,16-18H,3-6,11-12,20H2,1-2H3,(H,21,23)(H,22,24);1H. The SMILES string of the molecule is CC(=O)NC(CC(=O)NC1CCCCC1CN)c1ccc(C)cc1.Cl. The first-order chi connectivity index (χ1) is 11.5. The van der Waals surface area contributed by atoms with Crippen molar-refractivity contribution in [1.29, 1.82) is 0 Å². The number of hydrogen-bond donors (Lipinski definition) is 3. The van der Waals surface area contributed by atoms with Gasteiger partial charge >= 0.3 is 0 Å². The van der Waals surface area contributed by atoms with Gasteiger partial charge in [-0.05, 0) is 37.8 Å². The van der Waals surface area contributed by atoms with Crippen LogP contribution in [0.5, 0.6) is 0 Å². The van der Waals surface area contributed by atoms with Crippen molar-refractivity contribution in [3.63, 3.8) is 0 Å². The van der Waals surface area contributed by atoms with Crippen LogP contribution in [-0.4, -0.2) is 24.4 Å². The topological polar surface area (TPSA) is 84.2 Å². The maximum atomic E-state index is 12.5. The summed E-state index contributed by atoms with van der Waals surface area (Å²) >= 11 is 0. The minimum absolute atomic E-state index is 0. The number of nitrogens with two attached hydrogens (primary N) is 1. The van der Waals surface area contributed by atoms with Gasteiger partial charge in [0.15, 0.2) is 0 Å². The van der Waals surface area contributed by atoms with E-state index in [0.29, 0.717) is 12.5 Å². The van der Waals surface area contributed by atoms with Gasteiger partial charge in [0.05, 0.1) is 12.5 Å². The Balaban J connectivity index is 0.00000312. The normalized spacial score (nSPS) is 20.9. The fraction of sp³-hybridized carbons (Fsp3) is 0.579. The number of halogens is 1. The highest BCUT2D eigenvalue weighted by Crippen LogP contribution is 2.24. The third-order valence-corrected chi connectivity index (χ3v) is 4.80. The lowest BCUT2D eigenvalue weighted by Crippen LogP contribution is -2.45. The molecule has 1 saturated carbocycles. The highest BCUT2D eigenvalue weighted by atomic mass is 35.5. The fourth-order valence-corrected chi connectivity index (χ4v) is 3.43. The Morgan fingerprint density at radius 1 is 1.20 bits per heavy atom. The number of nitrogens with one attached hydrogen (secondary N) is 2. The van der Waals surface area contributed by atoms with Crippen molar-refractivity contribution in [3.05, 3.63) is 35.4 Å². The minimum Gasteiger partial charge on any atom is -0.353 e. The van der Waals surface area contributed by atoms with E-state index in [0.717, 1.165) is 30.4 Å². The minimum atomic E-state index is -0.303. The Hall–Kier alpha value is -1.59. The van der Waals surface area contributed by atoms with Crippen molar-refractivity contribution in [1.82, 2.24) is 10.6 Å². The molecule has 3 unspecified atom stereocenters. The molecule has 4 N–H and O–H groups in total. The summed E-state index contributed by atoms with van der Waals surface area (Å²) in [7, 11) is 0. The van der Waals surface area contributed by atoms with E-state index < -0.39 is 0 Å². The number of rotatable bonds is 6.